The molecule has 0 radical (unpaired) electrons. The molecule has 4 heteroatoms. The number of Topliss-reactive ketones (excluding diaryl/α,β-unsaturated/α-hetero) is 1. The number of carbonyl (C=O) groups excluding carboxylic acids is 2. The van der Waals surface area contributed by atoms with Crippen LogP contribution in [0.1, 0.15) is 72.1 Å². The normalized spacial score (nSPS) is 22.4. The van der Waals surface area contributed by atoms with Gasteiger partial charge in [-0.25, -0.2) is 0 Å². The topological polar surface area (TPSA) is 46.6 Å². The predicted octanol–water partition coefficient (Wildman–Crippen LogP) is 3.33. The van der Waals surface area contributed by atoms with Crippen LogP contribution in [0, 0.1) is 0 Å². The minimum absolute atomic E-state index is 0.0441. The van der Waals surface area contributed by atoms with Crippen molar-refractivity contribution in [3.05, 3.63) is 0 Å². The van der Waals surface area contributed by atoms with E-state index in [-0.39, 0.29) is 17.9 Å². The SMILES string of the molecule is CCCCC(=O)OC1C[C@@H](C)N(CCCCCC(C)=O)C1. The Bertz CT molecular complexity index is 330. The van der Waals surface area contributed by atoms with Crippen LogP contribution in [0.2, 0.25) is 0 Å². The van der Waals surface area contributed by atoms with Crippen molar-refractivity contribution in [3.63, 3.8) is 0 Å². The fourth-order valence-corrected chi connectivity index (χ4v) is 2.87. The number of hydrogen-bond donors (Lipinski definition) is 0. The van der Waals surface area contributed by atoms with E-state index in [0.717, 1.165) is 51.6 Å². The highest BCUT2D eigenvalue weighted by Gasteiger charge is 2.30. The van der Waals surface area contributed by atoms with Crippen molar-refractivity contribution in [2.24, 2.45) is 0 Å². The molecule has 1 rings (SSSR count). The van der Waals surface area contributed by atoms with Crippen LogP contribution >= 0.6 is 0 Å². The van der Waals surface area contributed by atoms with E-state index in [0.29, 0.717) is 18.9 Å². The van der Waals surface area contributed by atoms with Crippen molar-refractivity contribution in [3.8, 4) is 0 Å². The summed E-state index contributed by atoms with van der Waals surface area (Å²) in [6.45, 7) is 7.85. The first-order valence-electron chi connectivity index (χ1n) is 8.46. The molecule has 1 aliphatic rings. The van der Waals surface area contributed by atoms with E-state index in [2.05, 4.69) is 18.7 Å². The zero-order valence-corrected chi connectivity index (χ0v) is 13.9. The van der Waals surface area contributed by atoms with Gasteiger partial charge in [-0.2, -0.15) is 0 Å². The summed E-state index contributed by atoms with van der Waals surface area (Å²) in [5.74, 6) is 0.237. The van der Waals surface area contributed by atoms with Gasteiger partial charge >= 0.3 is 5.97 Å². The van der Waals surface area contributed by atoms with E-state index >= 15 is 0 Å². The summed E-state index contributed by atoms with van der Waals surface area (Å²) in [7, 11) is 0. The smallest absolute Gasteiger partial charge is 0.306 e. The van der Waals surface area contributed by atoms with E-state index in [1.165, 1.54) is 0 Å². The Morgan fingerprint density at radius 1 is 1.14 bits per heavy atom. The monoisotopic (exact) mass is 297 g/mol. The van der Waals surface area contributed by atoms with Crippen LogP contribution in [0.25, 0.3) is 0 Å². The van der Waals surface area contributed by atoms with Gasteiger partial charge in [0.15, 0.2) is 0 Å². The molecule has 0 aromatic heterocycles. The Balaban J connectivity index is 2.17. The van der Waals surface area contributed by atoms with Crippen molar-refractivity contribution in [1.29, 1.82) is 0 Å². The van der Waals surface area contributed by atoms with Crippen LogP contribution in [0.5, 0.6) is 0 Å². The number of nitrogens with zero attached hydrogens (tertiary/aromatic N) is 1. The zero-order chi connectivity index (χ0) is 15.7. The highest BCUT2D eigenvalue weighted by atomic mass is 16.5. The number of carbonyl (C=O) groups is 2. The van der Waals surface area contributed by atoms with E-state index in [4.69, 9.17) is 4.74 Å². The first kappa shape index (κ1) is 18.1. The Morgan fingerprint density at radius 2 is 1.90 bits per heavy atom. The van der Waals surface area contributed by atoms with Crippen LogP contribution in [0.15, 0.2) is 0 Å². The molecule has 0 aromatic rings. The largest absolute Gasteiger partial charge is 0.461 e. The van der Waals surface area contributed by atoms with Crippen molar-refractivity contribution in [2.45, 2.75) is 84.3 Å². The van der Waals surface area contributed by atoms with Gasteiger partial charge in [-0.3, -0.25) is 9.69 Å². The lowest BCUT2D eigenvalue weighted by Gasteiger charge is -2.20. The molecule has 0 aromatic carbocycles. The van der Waals surface area contributed by atoms with Gasteiger partial charge in [0.25, 0.3) is 0 Å². The molecule has 0 saturated carbocycles. The Morgan fingerprint density at radius 3 is 2.57 bits per heavy atom. The summed E-state index contributed by atoms with van der Waals surface area (Å²) in [5, 5.41) is 0. The number of unbranched alkanes of at least 4 members (excludes halogenated alkanes) is 3. The van der Waals surface area contributed by atoms with E-state index < -0.39 is 0 Å². The molecular weight excluding hydrogens is 266 g/mol. The second-order valence-corrected chi connectivity index (χ2v) is 6.31. The number of esters is 1. The Labute approximate surface area is 129 Å². The number of likely N-dealkylation sites (tertiary alicyclic amines) is 1. The van der Waals surface area contributed by atoms with Gasteiger partial charge in [-0.1, -0.05) is 19.8 Å². The van der Waals surface area contributed by atoms with Gasteiger partial charge in [0.1, 0.15) is 11.9 Å². The minimum Gasteiger partial charge on any atom is -0.461 e. The summed E-state index contributed by atoms with van der Waals surface area (Å²) < 4.78 is 5.55. The van der Waals surface area contributed by atoms with Crippen LogP contribution in [0.4, 0.5) is 0 Å². The quantitative estimate of drug-likeness (QED) is 0.458. The second kappa shape index (κ2) is 9.93. The molecule has 4 nitrogen and oxygen atoms in total. The number of ketones is 1. The van der Waals surface area contributed by atoms with E-state index in [9.17, 15) is 9.59 Å². The summed E-state index contributed by atoms with van der Waals surface area (Å²) in [5.41, 5.74) is 0. The fourth-order valence-electron chi connectivity index (χ4n) is 2.87. The standard InChI is InChI=1S/C17H31NO3/c1-4-5-10-17(20)21-16-12-14(2)18(13-16)11-8-6-7-9-15(3)19/h14,16H,4-13H2,1-3H3/t14-,16?/m1/s1. The van der Waals surface area contributed by atoms with Gasteiger partial charge in [0, 0.05) is 31.8 Å². The van der Waals surface area contributed by atoms with Crippen molar-refractivity contribution >= 4 is 11.8 Å². The van der Waals surface area contributed by atoms with Gasteiger partial charge < -0.3 is 9.53 Å². The lowest BCUT2D eigenvalue weighted by Crippen LogP contribution is -2.29. The van der Waals surface area contributed by atoms with Crippen LogP contribution < -0.4 is 0 Å². The molecule has 1 aliphatic heterocycles. The van der Waals surface area contributed by atoms with E-state index in [1.54, 1.807) is 6.92 Å². The summed E-state index contributed by atoms with van der Waals surface area (Å²) in [6.07, 6.45) is 7.43. The van der Waals surface area contributed by atoms with Gasteiger partial charge in [0.2, 0.25) is 0 Å². The van der Waals surface area contributed by atoms with Crippen molar-refractivity contribution in [1.82, 2.24) is 4.90 Å². The van der Waals surface area contributed by atoms with Crippen LogP contribution in [-0.4, -0.2) is 41.9 Å². The third-order valence-corrected chi connectivity index (χ3v) is 4.17. The second-order valence-electron chi connectivity index (χ2n) is 6.31. The Kier molecular flexibility index (Phi) is 8.58. The van der Waals surface area contributed by atoms with E-state index in [1.807, 2.05) is 0 Å². The maximum Gasteiger partial charge on any atom is 0.306 e. The molecule has 0 N–H and O–H groups in total. The number of ether oxygens (including phenoxy) is 1. The third kappa shape index (κ3) is 7.60. The summed E-state index contributed by atoms with van der Waals surface area (Å²) in [6, 6.07) is 0.488. The Hall–Kier alpha value is -0.900. The van der Waals surface area contributed by atoms with Gasteiger partial charge in [0.05, 0.1) is 0 Å². The molecule has 0 amide bonds. The molecule has 1 unspecified atom stereocenters. The van der Waals surface area contributed by atoms with Crippen LogP contribution in [0.3, 0.4) is 0 Å². The minimum atomic E-state index is -0.0441. The lowest BCUT2D eigenvalue weighted by atomic mass is 10.1. The van der Waals surface area contributed by atoms with Gasteiger partial charge in [-0.05, 0) is 39.7 Å². The summed E-state index contributed by atoms with van der Waals surface area (Å²) >= 11 is 0. The third-order valence-electron chi connectivity index (χ3n) is 4.17. The predicted molar refractivity (Wildman–Crippen MR) is 84.2 cm³/mol. The number of rotatable bonds is 10. The molecular formula is C17H31NO3. The first-order chi connectivity index (χ1) is 10.0. The average Bonchev–Trinajstić information content (AvgIpc) is 2.75. The maximum atomic E-state index is 11.7. The maximum absolute atomic E-state index is 11.7. The average molecular weight is 297 g/mol. The molecule has 2 atom stereocenters. The molecule has 21 heavy (non-hydrogen) atoms. The molecule has 1 fully saturated rings. The number of hydrogen-bond acceptors (Lipinski definition) is 4. The molecule has 1 saturated heterocycles. The highest BCUT2D eigenvalue weighted by molar-refractivity contribution is 5.75. The zero-order valence-electron chi connectivity index (χ0n) is 13.9. The fraction of sp³-hybridized carbons (Fsp3) is 0.882. The molecule has 0 spiro atoms. The first-order valence-corrected chi connectivity index (χ1v) is 8.46. The van der Waals surface area contributed by atoms with Gasteiger partial charge in [-0.15, -0.1) is 0 Å². The van der Waals surface area contributed by atoms with Crippen molar-refractivity contribution in [2.75, 3.05) is 13.1 Å². The van der Waals surface area contributed by atoms with Crippen molar-refractivity contribution < 1.29 is 14.3 Å². The molecule has 0 bridgehead atoms. The molecule has 1 heterocycles. The lowest BCUT2D eigenvalue weighted by molar-refractivity contribution is -0.148. The van der Waals surface area contributed by atoms with Crippen LogP contribution in [-0.2, 0) is 14.3 Å². The highest BCUT2D eigenvalue weighted by Crippen LogP contribution is 2.21. The summed E-state index contributed by atoms with van der Waals surface area (Å²) in [4.78, 5) is 24.9. The molecule has 122 valence electrons. The molecule has 0 aliphatic carbocycles.